The highest BCUT2D eigenvalue weighted by Gasteiger charge is 2.35. The van der Waals surface area contributed by atoms with E-state index < -0.39 is 12.0 Å². The summed E-state index contributed by atoms with van der Waals surface area (Å²) in [5.74, 6) is -1.33. The van der Waals surface area contributed by atoms with Crippen molar-refractivity contribution in [1.82, 2.24) is 9.97 Å². The number of rotatable bonds is 2. The van der Waals surface area contributed by atoms with Crippen LogP contribution in [0.2, 0.25) is 10.2 Å². The Morgan fingerprint density at radius 3 is 2.10 bits per heavy atom. The minimum atomic E-state index is -4.70. The molecule has 8 heteroatoms. The Morgan fingerprint density at radius 1 is 1.00 bits per heavy atom. The third-order valence-corrected chi connectivity index (χ3v) is 3.35. The van der Waals surface area contributed by atoms with Gasteiger partial charge in [0.2, 0.25) is 11.7 Å². The lowest BCUT2D eigenvalue weighted by molar-refractivity contribution is -0.145. The van der Waals surface area contributed by atoms with Crippen LogP contribution < -0.4 is 4.74 Å². The molecule has 0 fully saturated rings. The SMILES string of the molecule is Cc1cc(Oc2cc(Cl)nc(C(F)(F)F)n2)cc(C)c1Cl. The lowest BCUT2D eigenvalue weighted by atomic mass is 10.1. The van der Waals surface area contributed by atoms with Crippen LogP contribution in [0, 0.1) is 13.8 Å². The van der Waals surface area contributed by atoms with Crippen molar-refractivity contribution < 1.29 is 17.9 Å². The topological polar surface area (TPSA) is 35.0 Å². The summed E-state index contributed by atoms with van der Waals surface area (Å²) < 4.78 is 43.2. The maximum atomic E-state index is 12.6. The van der Waals surface area contributed by atoms with Crippen LogP contribution in [0.1, 0.15) is 17.0 Å². The fraction of sp³-hybridized carbons (Fsp3) is 0.231. The zero-order valence-corrected chi connectivity index (χ0v) is 12.4. The number of alkyl halides is 3. The van der Waals surface area contributed by atoms with Gasteiger partial charge in [0.15, 0.2) is 0 Å². The van der Waals surface area contributed by atoms with Gasteiger partial charge in [0, 0.05) is 11.1 Å². The third kappa shape index (κ3) is 3.77. The lowest BCUT2D eigenvalue weighted by Crippen LogP contribution is -2.11. The van der Waals surface area contributed by atoms with Gasteiger partial charge in [0.05, 0.1) is 0 Å². The predicted octanol–water partition coefficient (Wildman–Crippen LogP) is 5.21. The summed E-state index contributed by atoms with van der Waals surface area (Å²) in [6.45, 7) is 3.52. The van der Waals surface area contributed by atoms with Crippen molar-refractivity contribution in [3.8, 4) is 11.6 Å². The molecular weight excluding hydrogens is 328 g/mol. The van der Waals surface area contributed by atoms with Gasteiger partial charge >= 0.3 is 6.18 Å². The quantitative estimate of drug-likeness (QED) is 0.706. The van der Waals surface area contributed by atoms with Crippen molar-refractivity contribution in [1.29, 1.82) is 0 Å². The molecular formula is C13H9Cl2F3N2O. The van der Waals surface area contributed by atoms with E-state index in [0.717, 1.165) is 17.2 Å². The number of hydrogen-bond acceptors (Lipinski definition) is 3. The summed E-state index contributed by atoms with van der Waals surface area (Å²) in [6.07, 6.45) is -4.70. The van der Waals surface area contributed by atoms with Crippen LogP contribution in [0.15, 0.2) is 18.2 Å². The molecule has 1 aromatic carbocycles. The summed E-state index contributed by atoms with van der Waals surface area (Å²) in [4.78, 5) is 6.43. The Bertz CT molecular complexity index is 667. The Labute approximate surface area is 128 Å². The van der Waals surface area contributed by atoms with Gasteiger partial charge in [-0.15, -0.1) is 0 Å². The van der Waals surface area contributed by atoms with E-state index in [4.69, 9.17) is 27.9 Å². The molecule has 0 aliphatic carbocycles. The number of aromatic nitrogens is 2. The van der Waals surface area contributed by atoms with Crippen LogP contribution in [-0.2, 0) is 6.18 Å². The second-order valence-electron chi connectivity index (χ2n) is 4.32. The van der Waals surface area contributed by atoms with E-state index in [1.807, 2.05) is 0 Å². The number of ether oxygens (including phenoxy) is 1. The highest BCUT2D eigenvalue weighted by Crippen LogP contribution is 2.32. The fourth-order valence-electron chi connectivity index (χ4n) is 1.66. The number of halogens is 5. The number of nitrogens with zero attached hydrogens (tertiary/aromatic N) is 2. The number of benzene rings is 1. The summed E-state index contributed by atoms with van der Waals surface area (Å²) >= 11 is 11.6. The fourth-order valence-corrected chi connectivity index (χ4v) is 1.94. The summed E-state index contributed by atoms with van der Waals surface area (Å²) in [6, 6.07) is 4.30. The molecule has 0 aliphatic rings. The summed E-state index contributed by atoms with van der Waals surface area (Å²) in [7, 11) is 0. The van der Waals surface area contributed by atoms with Gasteiger partial charge in [-0.1, -0.05) is 23.2 Å². The molecule has 21 heavy (non-hydrogen) atoms. The molecule has 1 aromatic heterocycles. The van der Waals surface area contributed by atoms with E-state index in [0.29, 0.717) is 10.8 Å². The second kappa shape index (κ2) is 5.69. The van der Waals surface area contributed by atoms with Gasteiger partial charge < -0.3 is 4.74 Å². The normalized spacial score (nSPS) is 11.6. The first-order chi connectivity index (χ1) is 9.66. The molecule has 0 bridgehead atoms. The second-order valence-corrected chi connectivity index (χ2v) is 5.09. The Kier molecular flexibility index (Phi) is 4.30. The molecule has 0 saturated heterocycles. The molecule has 0 atom stereocenters. The minimum absolute atomic E-state index is 0.288. The molecule has 0 radical (unpaired) electrons. The van der Waals surface area contributed by atoms with Crippen molar-refractivity contribution in [3.05, 3.63) is 45.3 Å². The van der Waals surface area contributed by atoms with Crippen molar-refractivity contribution in [2.45, 2.75) is 20.0 Å². The first-order valence-corrected chi connectivity index (χ1v) is 6.49. The Morgan fingerprint density at radius 2 is 1.57 bits per heavy atom. The van der Waals surface area contributed by atoms with Gasteiger partial charge in [-0.25, -0.2) is 4.98 Å². The van der Waals surface area contributed by atoms with Crippen LogP contribution in [0.25, 0.3) is 0 Å². The van der Waals surface area contributed by atoms with E-state index in [1.54, 1.807) is 26.0 Å². The predicted molar refractivity (Wildman–Crippen MR) is 73.0 cm³/mol. The van der Waals surface area contributed by atoms with E-state index >= 15 is 0 Å². The first-order valence-electron chi connectivity index (χ1n) is 5.73. The molecule has 1 heterocycles. The highest BCUT2D eigenvalue weighted by atomic mass is 35.5. The number of aryl methyl sites for hydroxylation is 2. The summed E-state index contributed by atoms with van der Waals surface area (Å²) in [5.41, 5.74) is 1.48. The molecule has 0 unspecified atom stereocenters. The van der Waals surface area contributed by atoms with Crippen molar-refractivity contribution in [2.24, 2.45) is 0 Å². The zero-order chi connectivity index (χ0) is 15.8. The Hall–Kier alpha value is -1.53. The van der Waals surface area contributed by atoms with Gasteiger partial charge in [-0.3, -0.25) is 0 Å². The van der Waals surface area contributed by atoms with Crippen molar-refractivity contribution >= 4 is 23.2 Å². The van der Waals surface area contributed by atoms with E-state index in [2.05, 4.69) is 9.97 Å². The molecule has 2 aromatic rings. The maximum Gasteiger partial charge on any atom is 0.451 e. The van der Waals surface area contributed by atoms with Crippen LogP contribution in [0.5, 0.6) is 11.6 Å². The lowest BCUT2D eigenvalue weighted by Gasteiger charge is -2.11. The molecule has 0 saturated carbocycles. The summed E-state index contributed by atoms with van der Waals surface area (Å²) in [5, 5.41) is 0.216. The molecule has 112 valence electrons. The first kappa shape index (κ1) is 15.9. The molecule has 3 nitrogen and oxygen atoms in total. The molecule has 0 spiro atoms. The smallest absolute Gasteiger partial charge is 0.439 e. The average Bonchev–Trinajstić information content (AvgIpc) is 2.34. The van der Waals surface area contributed by atoms with Crippen molar-refractivity contribution in [2.75, 3.05) is 0 Å². The van der Waals surface area contributed by atoms with Gasteiger partial charge in [-0.05, 0) is 37.1 Å². The minimum Gasteiger partial charge on any atom is -0.439 e. The van der Waals surface area contributed by atoms with Crippen LogP contribution in [-0.4, -0.2) is 9.97 Å². The molecule has 2 rings (SSSR count). The van der Waals surface area contributed by atoms with Crippen molar-refractivity contribution in [3.63, 3.8) is 0 Å². The molecule has 0 N–H and O–H groups in total. The third-order valence-electron chi connectivity index (χ3n) is 2.56. The van der Waals surface area contributed by atoms with E-state index in [9.17, 15) is 13.2 Å². The average molecular weight is 337 g/mol. The monoisotopic (exact) mass is 336 g/mol. The molecule has 0 aliphatic heterocycles. The van der Waals surface area contributed by atoms with Gasteiger partial charge in [-0.2, -0.15) is 18.2 Å². The zero-order valence-electron chi connectivity index (χ0n) is 10.9. The number of hydrogen-bond donors (Lipinski definition) is 0. The van der Waals surface area contributed by atoms with Crippen LogP contribution in [0.3, 0.4) is 0 Å². The van der Waals surface area contributed by atoms with E-state index in [-0.39, 0.29) is 11.0 Å². The standard InChI is InChI=1S/C13H9Cl2F3N2O/c1-6-3-8(4-7(2)11(6)15)21-10-5-9(14)19-12(20-10)13(16,17)18/h3-5H,1-2H3. The van der Waals surface area contributed by atoms with E-state index in [1.165, 1.54) is 0 Å². The largest absolute Gasteiger partial charge is 0.451 e. The Balaban J connectivity index is 2.38. The highest BCUT2D eigenvalue weighted by molar-refractivity contribution is 6.32. The van der Waals surface area contributed by atoms with Crippen LogP contribution >= 0.6 is 23.2 Å². The van der Waals surface area contributed by atoms with Crippen LogP contribution in [0.4, 0.5) is 13.2 Å². The molecule has 0 amide bonds. The van der Waals surface area contributed by atoms with Gasteiger partial charge in [0.1, 0.15) is 10.9 Å². The van der Waals surface area contributed by atoms with Gasteiger partial charge in [0.25, 0.3) is 0 Å². The maximum absolute atomic E-state index is 12.6.